The summed E-state index contributed by atoms with van der Waals surface area (Å²) >= 11 is 1.38. The Labute approximate surface area is 169 Å². The number of nitrogens with one attached hydrogen (secondary N) is 1. The van der Waals surface area contributed by atoms with Crippen molar-refractivity contribution in [3.63, 3.8) is 0 Å². The molecule has 0 aliphatic heterocycles. The van der Waals surface area contributed by atoms with Gasteiger partial charge in [-0.15, -0.1) is 10.2 Å². The van der Waals surface area contributed by atoms with Crippen molar-refractivity contribution in [1.82, 2.24) is 14.8 Å². The standard InChI is InChI=1S/C21H26N4O2S/c1-6-25-18(17-8-7-13-27-17)23-24-20(25)28-14(2)19(26)22-16-11-9-15(10-12-16)21(3,4)5/h7-14H,6H2,1-5H3,(H,22,26). The number of carbonyl (C=O) groups excluding carboxylic acids is 1. The van der Waals surface area contributed by atoms with Crippen LogP contribution in [0.2, 0.25) is 0 Å². The van der Waals surface area contributed by atoms with Crippen molar-refractivity contribution in [3.05, 3.63) is 48.2 Å². The minimum atomic E-state index is -0.318. The summed E-state index contributed by atoms with van der Waals surface area (Å²) in [5, 5.41) is 11.8. The summed E-state index contributed by atoms with van der Waals surface area (Å²) in [6.07, 6.45) is 1.61. The lowest BCUT2D eigenvalue weighted by Gasteiger charge is -2.19. The number of hydrogen-bond donors (Lipinski definition) is 1. The number of benzene rings is 1. The molecule has 0 spiro atoms. The van der Waals surface area contributed by atoms with E-state index < -0.39 is 0 Å². The lowest BCUT2D eigenvalue weighted by atomic mass is 9.87. The first-order valence-electron chi connectivity index (χ1n) is 9.34. The Bertz CT molecular complexity index is 924. The van der Waals surface area contributed by atoms with Gasteiger partial charge in [0, 0.05) is 12.2 Å². The fourth-order valence-electron chi connectivity index (χ4n) is 2.76. The van der Waals surface area contributed by atoms with Crippen LogP contribution in [0.5, 0.6) is 0 Å². The molecule has 28 heavy (non-hydrogen) atoms. The molecule has 6 nitrogen and oxygen atoms in total. The van der Waals surface area contributed by atoms with E-state index in [-0.39, 0.29) is 16.6 Å². The second kappa shape index (κ2) is 8.22. The van der Waals surface area contributed by atoms with Crippen molar-refractivity contribution in [3.8, 4) is 11.6 Å². The van der Waals surface area contributed by atoms with Gasteiger partial charge in [-0.05, 0) is 49.1 Å². The van der Waals surface area contributed by atoms with Crippen LogP contribution in [0.1, 0.15) is 40.2 Å². The number of anilines is 1. The molecular weight excluding hydrogens is 372 g/mol. The van der Waals surface area contributed by atoms with Gasteiger partial charge < -0.3 is 9.73 Å². The second-order valence-corrected chi connectivity index (χ2v) is 8.91. The van der Waals surface area contributed by atoms with Gasteiger partial charge in [0.05, 0.1) is 11.5 Å². The maximum atomic E-state index is 12.6. The van der Waals surface area contributed by atoms with E-state index in [9.17, 15) is 4.79 Å². The highest BCUT2D eigenvalue weighted by atomic mass is 32.2. The van der Waals surface area contributed by atoms with Gasteiger partial charge in [0.2, 0.25) is 5.91 Å². The predicted octanol–water partition coefficient (Wildman–Crippen LogP) is 4.97. The third-order valence-electron chi connectivity index (χ3n) is 4.44. The highest BCUT2D eigenvalue weighted by Crippen LogP contribution is 2.28. The van der Waals surface area contributed by atoms with E-state index in [1.807, 2.05) is 42.7 Å². The molecule has 1 atom stereocenters. The number of aromatic nitrogens is 3. The fraction of sp³-hybridized carbons (Fsp3) is 0.381. The number of hydrogen-bond acceptors (Lipinski definition) is 5. The number of rotatable bonds is 6. The van der Waals surface area contributed by atoms with E-state index in [1.54, 1.807) is 6.26 Å². The lowest BCUT2D eigenvalue weighted by Crippen LogP contribution is -2.23. The van der Waals surface area contributed by atoms with Crippen LogP contribution in [0.25, 0.3) is 11.6 Å². The van der Waals surface area contributed by atoms with E-state index >= 15 is 0 Å². The zero-order valence-electron chi connectivity index (χ0n) is 16.9. The summed E-state index contributed by atoms with van der Waals surface area (Å²) in [7, 11) is 0. The van der Waals surface area contributed by atoms with Crippen molar-refractivity contribution in [1.29, 1.82) is 0 Å². The predicted molar refractivity (Wildman–Crippen MR) is 112 cm³/mol. The minimum absolute atomic E-state index is 0.0706. The molecule has 3 rings (SSSR count). The largest absolute Gasteiger partial charge is 0.461 e. The van der Waals surface area contributed by atoms with Crippen LogP contribution in [-0.4, -0.2) is 25.9 Å². The van der Waals surface area contributed by atoms with Gasteiger partial charge in [-0.3, -0.25) is 9.36 Å². The van der Waals surface area contributed by atoms with E-state index in [4.69, 9.17) is 4.42 Å². The Hall–Kier alpha value is -2.54. The second-order valence-electron chi connectivity index (χ2n) is 7.60. The molecule has 148 valence electrons. The van der Waals surface area contributed by atoms with Crippen LogP contribution in [0.15, 0.2) is 52.2 Å². The first kappa shape index (κ1) is 20.2. The van der Waals surface area contributed by atoms with Gasteiger partial charge in [-0.1, -0.05) is 44.7 Å². The van der Waals surface area contributed by atoms with Crippen LogP contribution in [0.4, 0.5) is 5.69 Å². The monoisotopic (exact) mass is 398 g/mol. The highest BCUT2D eigenvalue weighted by molar-refractivity contribution is 8.00. The quantitative estimate of drug-likeness (QED) is 0.593. The Kier molecular flexibility index (Phi) is 5.93. The molecule has 0 bridgehead atoms. The zero-order valence-corrected chi connectivity index (χ0v) is 17.7. The molecule has 0 aliphatic carbocycles. The smallest absolute Gasteiger partial charge is 0.237 e. The summed E-state index contributed by atoms with van der Waals surface area (Å²) in [5.74, 6) is 1.26. The van der Waals surface area contributed by atoms with Crippen molar-refractivity contribution in [2.24, 2.45) is 0 Å². The fourth-order valence-corrected chi connectivity index (χ4v) is 3.67. The average molecular weight is 399 g/mol. The first-order valence-corrected chi connectivity index (χ1v) is 10.2. The van der Waals surface area contributed by atoms with Crippen molar-refractivity contribution in [2.45, 2.75) is 57.0 Å². The molecule has 0 fully saturated rings. The number of amides is 1. The summed E-state index contributed by atoms with van der Waals surface area (Å²) < 4.78 is 7.38. The minimum Gasteiger partial charge on any atom is -0.461 e. The molecule has 0 radical (unpaired) electrons. The molecule has 1 unspecified atom stereocenters. The van der Waals surface area contributed by atoms with Crippen molar-refractivity contribution in [2.75, 3.05) is 5.32 Å². The maximum Gasteiger partial charge on any atom is 0.237 e. The molecule has 0 saturated heterocycles. The number of carbonyl (C=O) groups is 1. The van der Waals surface area contributed by atoms with Crippen LogP contribution >= 0.6 is 11.8 Å². The number of furan rings is 1. The van der Waals surface area contributed by atoms with Crippen LogP contribution in [-0.2, 0) is 16.8 Å². The molecule has 2 aromatic heterocycles. The molecule has 1 aromatic carbocycles. The van der Waals surface area contributed by atoms with Gasteiger partial charge in [-0.25, -0.2) is 0 Å². The Morgan fingerprint density at radius 2 is 1.93 bits per heavy atom. The molecule has 2 heterocycles. The van der Waals surface area contributed by atoms with Gasteiger partial charge >= 0.3 is 0 Å². The Balaban J connectivity index is 1.68. The molecule has 1 N–H and O–H groups in total. The average Bonchev–Trinajstić information content (AvgIpc) is 3.30. The Morgan fingerprint density at radius 3 is 2.50 bits per heavy atom. The summed E-state index contributed by atoms with van der Waals surface area (Å²) in [6, 6.07) is 11.7. The van der Waals surface area contributed by atoms with E-state index in [1.165, 1.54) is 17.3 Å². The van der Waals surface area contributed by atoms with Crippen molar-refractivity contribution < 1.29 is 9.21 Å². The molecule has 3 aromatic rings. The maximum absolute atomic E-state index is 12.6. The van der Waals surface area contributed by atoms with E-state index in [2.05, 4.69) is 48.4 Å². The van der Waals surface area contributed by atoms with Crippen LogP contribution in [0.3, 0.4) is 0 Å². The van der Waals surface area contributed by atoms with Gasteiger partial charge in [0.1, 0.15) is 0 Å². The van der Waals surface area contributed by atoms with E-state index in [0.717, 1.165) is 5.69 Å². The van der Waals surface area contributed by atoms with Crippen LogP contribution in [0, 0.1) is 0 Å². The molecular formula is C21H26N4O2S. The number of nitrogens with zero attached hydrogens (tertiary/aromatic N) is 3. The molecule has 1 amide bonds. The SMILES string of the molecule is CCn1c(SC(C)C(=O)Nc2ccc(C(C)(C)C)cc2)nnc1-c1ccco1. The Morgan fingerprint density at radius 1 is 1.21 bits per heavy atom. The molecule has 7 heteroatoms. The normalized spacial score (nSPS) is 12.8. The summed E-state index contributed by atoms with van der Waals surface area (Å²) in [4.78, 5) is 12.6. The van der Waals surface area contributed by atoms with Gasteiger partial charge in [-0.2, -0.15) is 0 Å². The highest BCUT2D eigenvalue weighted by Gasteiger charge is 2.21. The van der Waals surface area contributed by atoms with Crippen LogP contribution < -0.4 is 5.32 Å². The first-order chi connectivity index (χ1) is 13.3. The summed E-state index contributed by atoms with van der Waals surface area (Å²) in [5.41, 5.74) is 2.11. The van der Waals surface area contributed by atoms with Gasteiger partial charge in [0.25, 0.3) is 0 Å². The molecule has 0 aliphatic rings. The van der Waals surface area contributed by atoms with Gasteiger partial charge in [0.15, 0.2) is 16.7 Å². The van der Waals surface area contributed by atoms with Crippen molar-refractivity contribution >= 4 is 23.4 Å². The lowest BCUT2D eigenvalue weighted by molar-refractivity contribution is -0.115. The third kappa shape index (κ3) is 4.47. The number of thioether (sulfide) groups is 1. The third-order valence-corrected chi connectivity index (χ3v) is 5.52. The summed E-state index contributed by atoms with van der Waals surface area (Å²) in [6.45, 7) is 11.1. The topological polar surface area (TPSA) is 73.0 Å². The zero-order chi connectivity index (χ0) is 20.3. The molecule has 0 saturated carbocycles. The van der Waals surface area contributed by atoms with E-state index in [0.29, 0.717) is 23.3 Å².